The predicted molar refractivity (Wildman–Crippen MR) is 36.7 cm³/mol. The van der Waals surface area contributed by atoms with Gasteiger partial charge >= 0.3 is 0 Å². The number of aliphatic hydroxyl groups is 1. The molecule has 0 heterocycles. The van der Waals surface area contributed by atoms with Crippen LogP contribution >= 0.6 is 0 Å². The highest BCUT2D eigenvalue weighted by atomic mass is 16.2. The summed E-state index contributed by atoms with van der Waals surface area (Å²) in [5.41, 5.74) is 9.42. The second kappa shape index (κ2) is 26.3. The van der Waals surface area contributed by atoms with E-state index in [1.165, 1.54) is 6.19 Å². The Bertz CT molecular complexity index is 113. The van der Waals surface area contributed by atoms with Gasteiger partial charge in [0.05, 0.1) is 0 Å². The van der Waals surface area contributed by atoms with Crippen LogP contribution in [0.1, 0.15) is 0 Å². The molecule has 6 heteroatoms. The molecule has 0 unspecified atom stereocenters. The van der Waals surface area contributed by atoms with Crippen molar-refractivity contribution in [2.45, 2.75) is 0 Å². The number of nitriles is 1. The molecule has 58 valence electrons. The topological polar surface area (TPSA) is 125 Å². The van der Waals surface area contributed by atoms with Gasteiger partial charge in [-0.05, 0) is 0 Å². The molecule has 0 saturated heterocycles. The molecule has 0 bridgehead atoms. The summed E-state index contributed by atoms with van der Waals surface area (Å²) < 4.78 is 0. The maximum Gasteiger partial charge on any atom is 0.209 e. The van der Waals surface area contributed by atoms with E-state index in [0.717, 1.165) is 7.11 Å². The lowest BCUT2D eigenvalue weighted by Crippen LogP contribution is -2.21. The summed E-state index contributed by atoms with van der Waals surface area (Å²) in [4.78, 5) is 10.9. The summed E-state index contributed by atoms with van der Waals surface area (Å²) in [7, 11) is 1.00. The van der Waals surface area contributed by atoms with Crippen molar-refractivity contribution in [1.29, 1.82) is 5.26 Å². The van der Waals surface area contributed by atoms with E-state index in [-0.39, 0.29) is 5.96 Å². The van der Waals surface area contributed by atoms with Gasteiger partial charge < -0.3 is 21.4 Å². The van der Waals surface area contributed by atoms with Gasteiger partial charge in [-0.15, -0.1) is 4.99 Å². The number of aliphatic imine (C=N–C) groups is 1. The molecule has 0 radical (unpaired) electrons. The first-order chi connectivity index (χ1) is 4.77. The maximum atomic E-state index is 8.00. The molecule has 0 aromatic heterocycles. The standard InChI is InChI=1S/C2H4N4.CH4O.CH2O/c3-1-6-2(4)5;2*1-2/h(H4,4,5,6);2H,1H3;1H2. The van der Waals surface area contributed by atoms with Crippen LogP contribution in [-0.4, -0.2) is 25.0 Å². The van der Waals surface area contributed by atoms with Gasteiger partial charge in [0.25, 0.3) is 0 Å². The van der Waals surface area contributed by atoms with Crippen LogP contribution in [0.15, 0.2) is 4.99 Å². The van der Waals surface area contributed by atoms with Crippen LogP contribution in [0.3, 0.4) is 0 Å². The SMILES string of the molecule is C=O.CO.N#CN=C(N)N. The van der Waals surface area contributed by atoms with Crippen molar-refractivity contribution in [1.82, 2.24) is 0 Å². The number of nitrogens with zero attached hydrogens (tertiary/aromatic N) is 2. The number of carbonyl (C=O) groups is 1. The van der Waals surface area contributed by atoms with E-state index < -0.39 is 0 Å². The minimum absolute atomic E-state index is 0.197. The largest absolute Gasteiger partial charge is 0.400 e. The van der Waals surface area contributed by atoms with Gasteiger partial charge in [0.2, 0.25) is 12.2 Å². The van der Waals surface area contributed by atoms with Crippen LogP contribution in [0.5, 0.6) is 0 Å². The highest BCUT2D eigenvalue weighted by molar-refractivity contribution is 5.76. The predicted octanol–water partition coefficient (Wildman–Crippen LogP) is -1.84. The van der Waals surface area contributed by atoms with Crippen LogP contribution in [0, 0.1) is 11.5 Å². The van der Waals surface area contributed by atoms with Crippen LogP contribution in [0.4, 0.5) is 0 Å². The molecule has 0 aliphatic rings. The number of hydrogen-bond donors (Lipinski definition) is 3. The molecule has 0 amide bonds. The zero-order valence-electron chi connectivity index (χ0n) is 5.61. The molecule has 0 fully saturated rings. The van der Waals surface area contributed by atoms with Gasteiger partial charge in [-0.25, -0.2) is 0 Å². The molecule has 0 aliphatic heterocycles. The van der Waals surface area contributed by atoms with Gasteiger partial charge in [0.15, 0.2) is 0 Å². The van der Waals surface area contributed by atoms with Crippen LogP contribution in [0.2, 0.25) is 0 Å². The monoisotopic (exact) mass is 146 g/mol. The first-order valence-electron chi connectivity index (χ1n) is 1.98. The first-order valence-corrected chi connectivity index (χ1v) is 1.98. The van der Waals surface area contributed by atoms with Crippen molar-refractivity contribution >= 4 is 12.7 Å². The zero-order valence-corrected chi connectivity index (χ0v) is 5.61. The van der Waals surface area contributed by atoms with Crippen molar-refractivity contribution < 1.29 is 9.90 Å². The summed E-state index contributed by atoms with van der Waals surface area (Å²) in [5.74, 6) is -0.197. The molecule has 0 spiro atoms. The van der Waals surface area contributed by atoms with Gasteiger partial charge in [-0.1, -0.05) is 0 Å². The number of hydrogen-bond acceptors (Lipinski definition) is 4. The Kier molecular flexibility index (Phi) is 41.4. The van der Waals surface area contributed by atoms with Crippen LogP contribution in [0.25, 0.3) is 0 Å². The van der Waals surface area contributed by atoms with Crippen molar-refractivity contribution in [3.63, 3.8) is 0 Å². The molecule has 0 aromatic rings. The molecule has 0 aliphatic carbocycles. The lowest BCUT2D eigenvalue weighted by Gasteiger charge is -1.74. The molecule has 0 atom stereocenters. The number of aliphatic hydroxyl groups excluding tert-OH is 1. The van der Waals surface area contributed by atoms with E-state index in [0.29, 0.717) is 0 Å². The summed E-state index contributed by atoms with van der Waals surface area (Å²) in [5, 5.41) is 14.6. The third-order valence-corrected chi connectivity index (χ3v) is 0.179. The summed E-state index contributed by atoms with van der Waals surface area (Å²) in [6.07, 6.45) is 1.41. The van der Waals surface area contributed by atoms with Gasteiger partial charge in [0, 0.05) is 7.11 Å². The van der Waals surface area contributed by atoms with Crippen molar-refractivity contribution in [2.24, 2.45) is 16.5 Å². The Labute approximate surface area is 58.8 Å². The molecular formula is C4H10N4O2. The number of guanidine groups is 1. The van der Waals surface area contributed by atoms with E-state index in [4.69, 9.17) is 26.6 Å². The molecule has 0 saturated carbocycles. The van der Waals surface area contributed by atoms with E-state index in [2.05, 4.69) is 4.99 Å². The molecule has 0 aromatic carbocycles. The van der Waals surface area contributed by atoms with E-state index in [9.17, 15) is 0 Å². The van der Waals surface area contributed by atoms with E-state index in [1.807, 2.05) is 6.79 Å². The second-order valence-electron chi connectivity index (χ2n) is 0.637. The number of nitrogens with two attached hydrogens (primary N) is 2. The minimum Gasteiger partial charge on any atom is -0.400 e. The first kappa shape index (κ1) is 15.8. The quantitative estimate of drug-likeness (QED) is 0.210. The second-order valence-corrected chi connectivity index (χ2v) is 0.637. The molecular weight excluding hydrogens is 136 g/mol. The lowest BCUT2D eigenvalue weighted by atomic mass is 11.1. The average Bonchev–Trinajstić information content (AvgIpc) is 1.96. The summed E-state index contributed by atoms with van der Waals surface area (Å²) >= 11 is 0. The van der Waals surface area contributed by atoms with Gasteiger partial charge in [0.1, 0.15) is 6.79 Å². The Morgan fingerprint density at radius 3 is 1.90 bits per heavy atom. The van der Waals surface area contributed by atoms with Gasteiger partial charge in [-0.3, -0.25) is 0 Å². The Balaban J connectivity index is -0.000000105. The Morgan fingerprint density at radius 1 is 1.60 bits per heavy atom. The fourth-order valence-corrected chi connectivity index (χ4v) is 0.0577. The van der Waals surface area contributed by atoms with Crippen molar-refractivity contribution in [3.05, 3.63) is 0 Å². The fraction of sp³-hybridized carbons (Fsp3) is 0.250. The fourth-order valence-electron chi connectivity index (χ4n) is 0.0577. The maximum absolute atomic E-state index is 8.00. The van der Waals surface area contributed by atoms with E-state index in [1.54, 1.807) is 0 Å². The van der Waals surface area contributed by atoms with E-state index >= 15 is 0 Å². The smallest absolute Gasteiger partial charge is 0.209 e. The third-order valence-electron chi connectivity index (χ3n) is 0.179. The molecule has 0 rings (SSSR count). The average molecular weight is 146 g/mol. The zero-order chi connectivity index (χ0) is 8.99. The Hall–Kier alpha value is -1.61. The highest BCUT2D eigenvalue weighted by Crippen LogP contribution is 1.49. The van der Waals surface area contributed by atoms with Crippen molar-refractivity contribution in [3.8, 4) is 6.19 Å². The van der Waals surface area contributed by atoms with Crippen molar-refractivity contribution in [2.75, 3.05) is 7.11 Å². The van der Waals surface area contributed by atoms with Crippen LogP contribution < -0.4 is 11.5 Å². The number of rotatable bonds is 0. The lowest BCUT2D eigenvalue weighted by molar-refractivity contribution is -0.0979. The molecule has 6 nitrogen and oxygen atoms in total. The summed E-state index contributed by atoms with van der Waals surface area (Å²) in [6, 6.07) is 0. The highest BCUT2D eigenvalue weighted by Gasteiger charge is 1.67. The van der Waals surface area contributed by atoms with Gasteiger partial charge in [-0.2, -0.15) is 5.26 Å². The number of carbonyl (C=O) groups excluding carboxylic acids is 1. The molecule has 5 N–H and O–H groups in total. The summed E-state index contributed by atoms with van der Waals surface area (Å²) in [6.45, 7) is 2.00. The minimum atomic E-state index is -0.197. The third kappa shape index (κ3) is 96.1. The van der Waals surface area contributed by atoms with Crippen LogP contribution in [-0.2, 0) is 4.79 Å². The Morgan fingerprint density at radius 2 is 1.90 bits per heavy atom. The molecule has 10 heavy (non-hydrogen) atoms. The normalized spacial score (nSPS) is 4.50.